The number of benzene rings is 1. The fourth-order valence-corrected chi connectivity index (χ4v) is 1.85. The molecule has 1 aliphatic carbocycles. The molecule has 0 aliphatic heterocycles. The number of fused-ring (bicyclic) bond motifs is 1. The van der Waals surface area contributed by atoms with E-state index in [1.807, 2.05) is 18.2 Å². The van der Waals surface area contributed by atoms with Gasteiger partial charge in [0.15, 0.2) is 0 Å². The van der Waals surface area contributed by atoms with Crippen molar-refractivity contribution < 1.29 is 4.74 Å². The molecule has 1 atom stereocenters. The maximum absolute atomic E-state index is 6.11. The number of rotatable bonds is 1. The van der Waals surface area contributed by atoms with Crippen LogP contribution < -0.4 is 0 Å². The molecule has 67 valence electrons. The summed E-state index contributed by atoms with van der Waals surface area (Å²) in [6.07, 6.45) is 3.88. The summed E-state index contributed by atoms with van der Waals surface area (Å²) in [7, 11) is 1.65. The Morgan fingerprint density at radius 1 is 1.46 bits per heavy atom. The fourth-order valence-electron chi connectivity index (χ4n) is 1.52. The summed E-state index contributed by atoms with van der Waals surface area (Å²) in [6, 6.07) is 8.12. The second-order valence-electron chi connectivity index (χ2n) is 3.01. The SMILES string of the molecule is COC1=[C]C(Cl)c2ccccc2C1. The first-order chi connectivity index (χ1) is 6.31. The van der Waals surface area contributed by atoms with Gasteiger partial charge >= 0.3 is 0 Å². The van der Waals surface area contributed by atoms with Crippen LogP contribution in [-0.4, -0.2) is 7.11 Å². The Labute approximate surface area is 83.0 Å². The Morgan fingerprint density at radius 3 is 3.00 bits per heavy atom. The highest BCUT2D eigenvalue weighted by Crippen LogP contribution is 2.31. The van der Waals surface area contributed by atoms with E-state index >= 15 is 0 Å². The Kier molecular flexibility index (Phi) is 2.28. The maximum Gasteiger partial charge on any atom is 0.105 e. The molecule has 2 rings (SSSR count). The quantitative estimate of drug-likeness (QED) is 0.624. The highest BCUT2D eigenvalue weighted by atomic mass is 35.5. The van der Waals surface area contributed by atoms with Crippen molar-refractivity contribution in [2.75, 3.05) is 7.11 Å². The van der Waals surface area contributed by atoms with E-state index in [1.54, 1.807) is 7.11 Å². The molecule has 1 unspecified atom stereocenters. The molecular formula is C11H10ClO. The lowest BCUT2D eigenvalue weighted by Crippen LogP contribution is -2.06. The van der Waals surface area contributed by atoms with Crippen molar-refractivity contribution >= 4 is 11.6 Å². The topological polar surface area (TPSA) is 9.23 Å². The summed E-state index contributed by atoms with van der Waals surface area (Å²) in [4.78, 5) is 0. The highest BCUT2D eigenvalue weighted by molar-refractivity contribution is 6.21. The van der Waals surface area contributed by atoms with Crippen LogP contribution in [0, 0.1) is 6.08 Å². The third-order valence-corrected chi connectivity index (χ3v) is 2.56. The number of allylic oxidation sites excluding steroid dienone is 2. The van der Waals surface area contributed by atoms with Crippen LogP contribution in [0.1, 0.15) is 16.5 Å². The standard InChI is InChI=1S/C11H10ClO/c1-13-9-6-8-4-2-3-5-10(8)11(12)7-9/h2-5,11H,6H2,1H3. The average molecular weight is 194 g/mol. The molecule has 0 saturated carbocycles. The number of methoxy groups -OCH3 is 1. The number of hydrogen-bond acceptors (Lipinski definition) is 1. The molecule has 0 aromatic heterocycles. The first-order valence-electron chi connectivity index (χ1n) is 4.19. The van der Waals surface area contributed by atoms with Gasteiger partial charge in [0.25, 0.3) is 0 Å². The van der Waals surface area contributed by atoms with Gasteiger partial charge in [-0.05, 0) is 11.1 Å². The summed E-state index contributed by atoms with van der Waals surface area (Å²) < 4.78 is 5.14. The molecule has 0 spiro atoms. The van der Waals surface area contributed by atoms with Crippen molar-refractivity contribution in [1.82, 2.24) is 0 Å². The average Bonchev–Trinajstić information content (AvgIpc) is 2.18. The van der Waals surface area contributed by atoms with Gasteiger partial charge in [0, 0.05) is 12.5 Å². The number of ether oxygens (including phenoxy) is 1. The molecular weight excluding hydrogens is 184 g/mol. The van der Waals surface area contributed by atoms with Crippen molar-refractivity contribution in [3.63, 3.8) is 0 Å². The number of halogens is 1. The van der Waals surface area contributed by atoms with Crippen molar-refractivity contribution in [2.45, 2.75) is 11.8 Å². The maximum atomic E-state index is 6.11. The Hall–Kier alpha value is -0.950. The number of alkyl halides is 1. The molecule has 0 heterocycles. The lowest BCUT2D eigenvalue weighted by molar-refractivity contribution is 0.277. The monoisotopic (exact) mass is 193 g/mol. The lowest BCUT2D eigenvalue weighted by atomic mass is 9.95. The minimum Gasteiger partial charge on any atom is -0.500 e. The third-order valence-electron chi connectivity index (χ3n) is 2.21. The summed E-state index contributed by atoms with van der Waals surface area (Å²) in [5, 5.41) is -0.167. The second kappa shape index (κ2) is 3.43. The van der Waals surface area contributed by atoms with Crippen molar-refractivity contribution in [3.8, 4) is 0 Å². The normalized spacial score (nSPS) is 20.5. The Bertz CT molecular complexity index is 344. The first-order valence-corrected chi connectivity index (χ1v) is 4.63. The first kappa shape index (κ1) is 8.64. The smallest absolute Gasteiger partial charge is 0.105 e. The molecule has 0 fully saturated rings. The number of hydrogen-bond donors (Lipinski definition) is 0. The molecule has 0 saturated heterocycles. The largest absolute Gasteiger partial charge is 0.500 e. The van der Waals surface area contributed by atoms with E-state index in [9.17, 15) is 0 Å². The van der Waals surface area contributed by atoms with E-state index in [1.165, 1.54) is 5.56 Å². The highest BCUT2D eigenvalue weighted by Gasteiger charge is 2.18. The molecule has 1 aliphatic rings. The molecule has 1 aromatic carbocycles. The van der Waals surface area contributed by atoms with Crippen LogP contribution in [0.4, 0.5) is 0 Å². The van der Waals surface area contributed by atoms with Gasteiger partial charge in [-0.2, -0.15) is 0 Å². The van der Waals surface area contributed by atoms with Gasteiger partial charge in [0.05, 0.1) is 12.5 Å². The molecule has 1 aromatic rings. The van der Waals surface area contributed by atoms with Crippen LogP contribution in [0.2, 0.25) is 0 Å². The molecule has 0 N–H and O–H groups in total. The summed E-state index contributed by atoms with van der Waals surface area (Å²) >= 11 is 6.11. The lowest BCUT2D eigenvalue weighted by Gasteiger charge is -2.18. The van der Waals surface area contributed by atoms with E-state index in [4.69, 9.17) is 16.3 Å². The zero-order valence-electron chi connectivity index (χ0n) is 7.38. The summed E-state index contributed by atoms with van der Waals surface area (Å²) in [5.41, 5.74) is 2.38. The zero-order chi connectivity index (χ0) is 9.26. The van der Waals surface area contributed by atoms with Gasteiger partial charge in [-0.3, -0.25) is 0 Å². The molecule has 0 bridgehead atoms. The Balaban J connectivity index is 2.40. The molecule has 1 nitrogen and oxygen atoms in total. The van der Waals surface area contributed by atoms with E-state index in [0.717, 1.165) is 17.7 Å². The summed E-state index contributed by atoms with van der Waals surface area (Å²) in [5.74, 6) is 0.832. The van der Waals surface area contributed by atoms with Gasteiger partial charge in [-0.25, -0.2) is 0 Å². The predicted molar refractivity (Wildman–Crippen MR) is 52.5 cm³/mol. The van der Waals surface area contributed by atoms with Crippen LogP contribution in [0.3, 0.4) is 0 Å². The predicted octanol–water partition coefficient (Wildman–Crippen LogP) is 2.86. The second-order valence-corrected chi connectivity index (χ2v) is 3.45. The van der Waals surface area contributed by atoms with Crippen molar-refractivity contribution in [3.05, 3.63) is 47.2 Å². The van der Waals surface area contributed by atoms with Crippen LogP contribution in [0.15, 0.2) is 30.0 Å². The molecule has 13 heavy (non-hydrogen) atoms. The molecule has 1 radical (unpaired) electrons. The van der Waals surface area contributed by atoms with Crippen LogP contribution >= 0.6 is 11.6 Å². The van der Waals surface area contributed by atoms with Crippen LogP contribution in [0.25, 0.3) is 0 Å². The van der Waals surface area contributed by atoms with Crippen molar-refractivity contribution in [1.29, 1.82) is 0 Å². The van der Waals surface area contributed by atoms with Gasteiger partial charge in [0.1, 0.15) is 5.76 Å². The van der Waals surface area contributed by atoms with Gasteiger partial charge in [-0.1, -0.05) is 24.3 Å². The van der Waals surface area contributed by atoms with Crippen LogP contribution in [-0.2, 0) is 11.2 Å². The fraction of sp³-hybridized carbons (Fsp3) is 0.273. The van der Waals surface area contributed by atoms with E-state index in [-0.39, 0.29) is 5.38 Å². The minimum atomic E-state index is -0.167. The van der Waals surface area contributed by atoms with Gasteiger partial charge in [0.2, 0.25) is 0 Å². The summed E-state index contributed by atoms with van der Waals surface area (Å²) in [6.45, 7) is 0. The zero-order valence-corrected chi connectivity index (χ0v) is 8.14. The Morgan fingerprint density at radius 2 is 2.23 bits per heavy atom. The van der Waals surface area contributed by atoms with E-state index < -0.39 is 0 Å². The van der Waals surface area contributed by atoms with Gasteiger partial charge < -0.3 is 4.74 Å². The third kappa shape index (κ3) is 1.56. The van der Waals surface area contributed by atoms with Crippen molar-refractivity contribution in [2.24, 2.45) is 0 Å². The molecule has 2 heteroatoms. The minimum absolute atomic E-state index is 0.167. The van der Waals surface area contributed by atoms with E-state index in [2.05, 4.69) is 12.1 Å². The van der Waals surface area contributed by atoms with E-state index in [0.29, 0.717) is 0 Å². The molecule has 0 amide bonds. The van der Waals surface area contributed by atoms with Gasteiger partial charge in [-0.15, -0.1) is 11.6 Å². The van der Waals surface area contributed by atoms with Crippen LogP contribution in [0.5, 0.6) is 0 Å².